The second kappa shape index (κ2) is 5.42. The van der Waals surface area contributed by atoms with Gasteiger partial charge in [0.15, 0.2) is 0 Å². The normalized spacial score (nSPS) is 17.9. The third-order valence-electron chi connectivity index (χ3n) is 2.84. The van der Waals surface area contributed by atoms with Crippen LogP contribution >= 0.6 is 11.3 Å². The summed E-state index contributed by atoms with van der Waals surface area (Å²) in [4.78, 5) is 11.7. The molecule has 1 aromatic heterocycles. The number of carbonyl (C=O) groups excluding carboxylic acids is 1. The van der Waals surface area contributed by atoms with Gasteiger partial charge in [-0.15, -0.1) is 0 Å². The highest BCUT2D eigenvalue weighted by atomic mass is 32.1. The minimum atomic E-state index is 0.375. The van der Waals surface area contributed by atoms with Crippen molar-refractivity contribution in [1.82, 2.24) is 0 Å². The summed E-state index contributed by atoms with van der Waals surface area (Å²) < 4.78 is 5.28. The molecule has 82 valence electrons. The highest BCUT2D eigenvalue weighted by Crippen LogP contribution is 2.20. The van der Waals surface area contributed by atoms with Gasteiger partial charge in [0.1, 0.15) is 5.78 Å². The van der Waals surface area contributed by atoms with Gasteiger partial charge in [0, 0.05) is 26.1 Å². The Morgan fingerprint density at radius 3 is 2.93 bits per heavy atom. The maximum absolute atomic E-state index is 11.7. The van der Waals surface area contributed by atoms with Crippen molar-refractivity contribution in [2.75, 3.05) is 13.2 Å². The Labute approximate surface area is 94.3 Å². The van der Waals surface area contributed by atoms with Crippen LogP contribution in [0, 0.1) is 5.92 Å². The van der Waals surface area contributed by atoms with Crippen LogP contribution < -0.4 is 0 Å². The Kier molecular flexibility index (Phi) is 3.92. The van der Waals surface area contributed by atoms with Crippen molar-refractivity contribution >= 4 is 17.1 Å². The van der Waals surface area contributed by atoms with Crippen LogP contribution in [0.1, 0.15) is 24.8 Å². The summed E-state index contributed by atoms with van der Waals surface area (Å²) in [5.74, 6) is 0.935. The van der Waals surface area contributed by atoms with Crippen molar-refractivity contribution < 1.29 is 9.53 Å². The fraction of sp³-hybridized carbons (Fsp3) is 0.583. The number of thiophene rings is 1. The molecule has 2 nitrogen and oxygen atoms in total. The predicted octanol–water partition coefficient (Wildman–Crippen LogP) is 2.68. The van der Waals surface area contributed by atoms with E-state index in [-0.39, 0.29) is 0 Å². The lowest BCUT2D eigenvalue weighted by molar-refractivity contribution is -0.120. The van der Waals surface area contributed by atoms with Crippen molar-refractivity contribution in [3.05, 3.63) is 22.4 Å². The highest BCUT2D eigenvalue weighted by Gasteiger charge is 2.17. The highest BCUT2D eigenvalue weighted by molar-refractivity contribution is 7.07. The molecule has 0 spiro atoms. The standard InChI is InChI=1S/C12H16O2S/c13-12(8-11-3-6-15-9-11)7-10-1-4-14-5-2-10/h3,6,9-10H,1-2,4-5,7-8H2. The summed E-state index contributed by atoms with van der Waals surface area (Å²) in [6.45, 7) is 1.66. The molecule has 1 aromatic rings. The van der Waals surface area contributed by atoms with Gasteiger partial charge < -0.3 is 4.74 Å². The van der Waals surface area contributed by atoms with Gasteiger partial charge in [-0.05, 0) is 41.1 Å². The fourth-order valence-electron chi connectivity index (χ4n) is 1.97. The first-order valence-corrected chi connectivity index (χ1v) is 6.39. The van der Waals surface area contributed by atoms with E-state index in [0.29, 0.717) is 18.1 Å². The van der Waals surface area contributed by atoms with Crippen molar-refractivity contribution in [1.29, 1.82) is 0 Å². The van der Waals surface area contributed by atoms with Crippen LogP contribution in [-0.4, -0.2) is 19.0 Å². The Hall–Kier alpha value is -0.670. The molecule has 15 heavy (non-hydrogen) atoms. The number of rotatable bonds is 4. The van der Waals surface area contributed by atoms with E-state index in [0.717, 1.165) is 38.0 Å². The molecular weight excluding hydrogens is 208 g/mol. The smallest absolute Gasteiger partial charge is 0.137 e. The van der Waals surface area contributed by atoms with E-state index in [9.17, 15) is 4.79 Å². The molecule has 0 amide bonds. The largest absolute Gasteiger partial charge is 0.381 e. The van der Waals surface area contributed by atoms with Crippen LogP contribution in [0.4, 0.5) is 0 Å². The van der Waals surface area contributed by atoms with Gasteiger partial charge in [-0.3, -0.25) is 4.79 Å². The van der Waals surface area contributed by atoms with Crippen molar-refractivity contribution in [3.63, 3.8) is 0 Å². The van der Waals surface area contributed by atoms with Crippen LogP contribution in [0.3, 0.4) is 0 Å². The maximum atomic E-state index is 11.7. The van der Waals surface area contributed by atoms with Crippen LogP contribution in [0.15, 0.2) is 16.8 Å². The van der Waals surface area contributed by atoms with Gasteiger partial charge in [0.05, 0.1) is 0 Å². The minimum absolute atomic E-state index is 0.375. The van der Waals surface area contributed by atoms with Crippen LogP contribution in [0.5, 0.6) is 0 Å². The number of ketones is 1. The van der Waals surface area contributed by atoms with Gasteiger partial charge in [-0.25, -0.2) is 0 Å². The van der Waals surface area contributed by atoms with Crippen LogP contribution in [-0.2, 0) is 16.0 Å². The third-order valence-corrected chi connectivity index (χ3v) is 3.57. The Morgan fingerprint density at radius 1 is 1.47 bits per heavy atom. The second-order valence-electron chi connectivity index (χ2n) is 4.11. The molecule has 3 heteroatoms. The average Bonchev–Trinajstić information content (AvgIpc) is 2.71. The molecule has 1 aliphatic heterocycles. The van der Waals surface area contributed by atoms with E-state index in [1.54, 1.807) is 11.3 Å². The number of ether oxygens (including phenoxy) is 1. The molecule has 2 rings (SSSR count). The number of carbonyl (C=O) groups is 1. The lowest BCUT2D eigenvalue weighted by Crippen LogP contribution is -2.19. The zero-order chi connectivity index (χ0) is 10.5. The predicted molar refractivity (Wildman–Crippen MR) is 61.2 cm³/mol. The third kappa shape index (κ3) is 3.43. The quantitative estimate of drug-likeness (QED) is 0.786. The second-order valence-corrected chi connectivity index (χ2v) is 4.89. The van der Waals surface area contributed by atoms with E-state index < -0.39 is 0 Å². The lowest BCUT2D eigenvalue weighted by atomic mass is 9.93. The van der Waals surface area contributed by atoms with Gasteiger partial charge in [-0.1, -0.05) is 0 Å². The molecule has 1 fully saturated rings. The molecule has 0 saturated carbocycles. The maximum Gasteiger partial charge on any atom is 0.137 e. The molecule has 0 aliphatic carbocycles. The SMILES string of the molecule is O=C(Cc1ccsc1)CC1CCOCC1. The molecule has 1 saturated heterocycles. The first-order valence-electron chi connectivity index (χ1n) is 5.45. The van der Waals surface area contributed by atoms with Crippen LogP contribution in [0.2, 0.25) is 0 Å². The first kappa shape index (κ1) is 10.8. The van der Waals surface area contributed by atoms with Crippen molar-refractivity contribution in [2.45, 2.75) is 25.7 Å². The zero-order valence-electron chi connectivity index (χ0n) is 8.78. The van der Waals surface area contributed by atoms with Crippen molar-refractivity contribution in [3.8, 4) is 0 Å². The van der Waals surface area contributed by atoms with Gasteiger partial charge >= 0.3 is 0 Å². The summed E-state index contributed by atoms with van der Waals surface area (Å²) in [5, 5.41) is 4.08. The van der Waals surface area contributed by atoms with E-state index in [4.69, 9.17) is 4.74 Å². The summed E-state index contributed by atoms with van der Waals surface area (Å²) in [5.41, 5.74) is 1.16. The number of Topliss-reactive ketones (excluding diaryl/α,β-unsaturated/α-hetero) is 1. The topological polar surface area (TPSA) is 26.3 Å². The summed E-state index contributed by atoms with van der Waals surface area (Å²) in [6, 6.07) is 2.03. The fourth-order valence-corrected chi connectivity index (χ4v) is 2.63. The van der Waals surface area contributed by atoms with E-state index in [2.05, 4.69) is 5.38 Å². The molecule has 0 radical (unpaired) electrons. The molecular formula is C12H16O2S. The summed E-state index contributed by atoms with van der Waals surface area (Å²) >= 11 is 1.66. The minimum Gasteiger partial charge on any atom is -0.381 e. The van der Waals surface area contributed by atoms with E-state index in [1.807, 2.05) is 11.4 Å². The van der Waals surface area contributed by atoms with E-state index >= 15 is 0 Å². The van der Waals surface area contributed by atoms with Crippen LogP contribution in [0.25, 0.3) is 0 Å². The number of hydrogen-bond acceptors (Lipinski definition) is 3. The summed E-state index contributed by atoms with van der Waals surface area (Å²) in [6.07, 6.45) is 3.45. The molecule has 1 aliphatic rings. The molecule has 0 aromatic carbocycles. The number of hydrogen-bond donors (Lipinski definition) is 0. The molecule has 2 heterocycles. The van der Waals surface area contributed by atoms with Gasteiger partial charge in [0.2, 0.25) is 0 Å². The van der Waals surface area contributed by atoms with E-state index in [1.165, 1.54) is 0 Å². The summed E-state index contributed by atoms with van der Waals surface area (Å²) in [7, 11) is 0. The van der Waals surface area contributed by atoms with Gasteiger partial charge in [0.25, 0.3) is 0 Å². The Bertz CT molecular complexity index is 299. The molecule has 0 atom stereocenters. The Balaban J connectivity index is 1.76. The monoisotopic (exact) mass is 224 g/mol. The van der Waals surface area contributed by atoms with Crippen molar-refractivity contribution in [2.24, 2.45) is 5.92 Å². The zero-order valence-corrected chi connectivity index (χ0v) is 9.59. The average molecular weight is 224 g/mol. The van der Waals surface area contributed by atoms with Gasteiger partial charge in [-0.2, -0.15) is 11.3 Å². The first-order chi connectivity index (χ1) is 7.34. The lowest BCUT2D eigenvalue weighted by Gasteiger charge is -2.21. The molecule has 0 N–H and O–H groups in total. The Morgan fingerprint density at radius 2 is 2.27 bits per heavy atom. The molecule has 0 bridgehead atoms. The molecule has 0 unspecified atom stereocenters.